The maximum Gasteiger partial charge on any atom is 0.149 e. The lowest BCUT2D eigenvalue weighted by Crippen LogP contribution is -1.99. The minimum absolute atomic E-state index is 0.338. The molecular weight excluding hydrogens is 334 g/mol. The van der Waals surface area contributed by atoms with Crippen LogP contribution in [-0.2, 0) is 0 Å². The molecule has 2 aromatic rings. The number of aromatic nitrogens is 2. The van der Waals surface area contributed by atoms with Crippen molar-refractivity contribution < 1.29 is 9.47 Å². The van der Waals surface area contributed by atoms with E-state index in [-0.39, 0.29) is 0 Å². The van der Waals surface area contributed by atoms with Gasteiger partial charge in [0.1, 0.15) is 28.8 Å². The molecule has 1 aromatic carbocycles. The molecule has 0 aliphatic heterocycles. The van der Waals surface area contributed by atoms with Crippen LogP contribution in [0.4, 0.5) is 11.5 Å². The Morgan fingerprint density at radius 2 is 2.00 bits per heavy atom. The van der Waals surface area contributed by atoms with Crippen molar-refractivity contribution in [3.05, 3.63) is 34.2 Å². The van der Waals surface area contributed by atoms with E-state index < -0.39 is 0 Å². The smallest absolute Gasteiger partial charge is 0.149 e. The molecular formula is C12H11BrClN3O2. The van der Waals surface area contributed by atoms with Gasteiger partial charge in [-0.2, -0.15) is 0 Å². The number of hydrogen-bond donors (Lipinski definition) is 1. The second kappa shape index (κ2) is 6.08. The Balaban J connectivity index is 2.35. The highest BCUT2D eigenvalue weighted by molar-refractivity contribution is 9.10. The summed E-state index contributed by atoms with van der Waals surface area (Å²) in [4.78, 5) is 7.98. The molecule has 0 radical (unpaired) electrons. The molecule has 100 valence electrons. The van der Waals surface area contributed by atoms with E-state index in [1.807, 2.05) is 12.1 Å². The third-order valence-corrected chi connectivity index (χ3v) is 3.67. The predicted octanol–water partition coefficient (Wildman–Crippen LogP) is 3.65. The molecule has 0 saturated carbocycles. The molecule has 1 N–H and O–H groups in total. The Kier molecular flexibility index (Phi) is 4.44. The summed E-state index contributed by atoms with van der Waals surface area (Å²) in [6.07, 6.45) is 1.38. The molecule has 5 nitrogen and oxygen atoms in total. The molecule has 0 saturated heterocycles. The van der Waals surface area contributed by atoms with Crippen molar-refractivity contribution in [2.75, 3.05) is 19.5 Å². The summed E-state index contributed by atoms with van der Waals surface area (Å²) in [6, 6.07) is 5.43. The first-order valence-electron chi connectivity index (χ1n) is 5.30. The number of hydrogen-bond acceptors (Lipinski definition) is 5. The van der Waals surface area contributed by atoms with Gasteiger partial charge in [0, 0.05) is 6.07 Å². The highest BCUT2D eigenvalue weighted by Gasteiger charge is 2.10. The molecule has 1 aromatic heterocycles. The Morgan fingerprint density at radius 1 is 1.21 bits per heavy atom. The van der Waals surface area contributed by atoms with Gasteiger partial charge in [-0.25, -0.2) is 9.97 Å². The summed E-state index contributed by atoms with van der Waals surface area (Å²) in [5.41, 5.74) is 0.749. The van der Waals surface area contributed by atoms with Gasteiger partial charge in [-0.15, -0.1) is 0 Å². The number of nitrogens with one attached hydrogen (secondary N) is 1. The monoisotopic (exact) mass is 343 g/mol. The average molecular weight is 345 g/mol. The molecule has 0 fully saturated rings. The zero-order valence-corrected chi connectivity index (χ0v) is 12.6. The summed E-state index contributed by atoms with van der Waals surface area (Å²) in [5.74, 6) is 1.91. The van der Waals surface area contributed by atoms with E-state index in [1.165, 1.54) is 6.33 Å². The van der Waals surface area contributed by atoms with Crippen LogP contribution in [0.25, 0.3) is 0 Å². The summed E-state index contributed by atoms with van der Waals surface area (Å²) >= 11 is 9.24. The molecule has 0 bridgehead atoms. The van der Waals surface area contributed by atoms with Crippen molar-refractivity contribution >= 4 is 39.0 Å². The van der Waals surface area contributed by atoms with Crippen LogP contribution in [0.1, 0.15) is 0 Å². The molecule has 0 aliphatic rings. The van der Waals surface area contributed by atoms with Crippen LogP contribution in [0, 0.1) is 0 Å². The number of nitrogens with zero attached hydrogens (tertiary/aromatic N) is 2. The molecule has 7 heteroatoms. The highest BCUT2D eigenvalue weighted by Crippen LogP contribution is 2.34. The van der Waals surface area contributed by atoms with Crippen LogP contribution in [0.15, 0.2) is 29.0 Å². The van der Waals surface area contributed by atoms with E-state index in [0.29, 0.717) is 26.9 Å². The van der Waals surface area contributed by atoms with E-state index in [9.17, 15) is 0 Å². The van der Waals surface area contributed by atoms with Crippen LogP contribution in [0.3, 0.4) is 0 Å². The lowest BCUT2D eigenvalue weighted by molar-refractivity contribution is 0.395. The number of halogens is 2. The van der Waals surface area contributed by atoms with Crippen molar-refractivity contribution in [1.82, 2.24) is 9.97 Å². The SMILES string of the molecule is COc1ccc(Nc2ncnc(Cl)c2Br)c(OC)c1. The fourth-order valence-electron chi connectivity index (χ4n) is 1.46. The van der Waals surface area contributed by atoms with Gasteiger partial charge in [0.2, 0.25) is 0 Å². The van der Waals surface area contributed by atoms with Gasteiger partial charge >= 0.3 is 0 Å². The van der Waals surface area contributed by atoms with Gasteiger partial charge in [0.05, 0.1) is 24.4 Å². The van der Waals surface area contributed by atoms with Gasteiger partial charge in [0.25, 0.3) is 0 Å². The van der Waals surface area contributed by atoms with Gasteiger partial charge in [0.15, 0.2) is 0 Å². The lowest BCUT2D eigenvalue weighted by atomic mass is 10.2. The number of anilines is 2. The fourth-order valence-corrected chi connectivity index (χ4v) is 1.90. The maximum atomic E-state index is 5.91. The van der Waals surface area contributed by atoms with E-state index in [1.54, 1.807) is 20.3 Å². The lowest BCUT2D eigenvalue weighted by Gasteiger charge is -2.12. The number of rotatable bonds is 4. The van der Waals surface area contributed by atoms with E-state index in [0.717, 1.165) is 5.69 Å². The largest absolute Gasteiger partial charge is 0.497 e. The van der Waals surface area contributed by atoms with Gasteiger partial charge < -0.3 is 14.8 Å². The first-order valence-corrected chi connectivity index (χ1v) is 6.48. The minimum atomic E-state index is 0.338. The molecule has 19 heavy (non-hydrogen) atoms. The summed E-state index contributed by atoms with van der Waals surface area (Å²) in [5, 5.41) is 3.46. The molecule has 0 atom stereocenters. The molecule has 0 amide bonds. The molecule has 1 heterocycles. The standard InChI is InChI=1S/C12H11BrClN3O2/c1-18-7-3-4-8(9(5-7)19-2)17-12-10(13)11(14)15-6-16-12/h3-6H,1-2H3,(H,15,16,17). The van der Waals surface area contributed by atoms with Gasteiger partial charge in [-0.3, -0.25) is 0 Å². The first kappa shape index (κ1) is 13.9. The fraction of sp³-hybridized carbons (Fsp3) is 0.167. The highest BCUT2D eigenvalue weighted by atomic mass is 79.9. The average Bonchev–Trinajstić information content (AvgIpc) is 2.44. The third kappa shape index (κ3) is 3.08. The van der Waals surface area contributed by atoms with Gasteiger partial charge in [-0.05, 0) is 28.1 Å². The summed E-state index contributed by atoms with van der Waals surface area (Å²) in [7, 11) is 3.19. The molecule has 0 spiro atoms. The molecule has 0 aliphatic carbocycles. The predicted molar refractivity (Wildman–Crippen MR) is 77.6 cm³/mol. The van der Waals surface area contributed by atoms with E-state index in [4.69, 9.17) is 21.1 Å². The summed E-state index contributed by atoms with van der Waals surface area (Å²) in [6.45, 7) is 0. The third-order valence-electron chi connectivity index (χ3n) is 2.41. The van der Waals surface area contributed by atoms with Crippen molar-refractivity contribution in [2.45, 2.75) is 0 Å². The number of methoxy groups -OCH3 is 2. The Labute approximate surface area is 124 Å². The molecule has 0 unspecified atom stereocenters. The topological polar surface area (TPSA) is 56.3 Å². The second-order valence-corrected chi connectivity index (χ2v) is 4.67. The normalized spacial score (nSPS) is 10.1. The number of benzene rings is 1. The Bertz CT molecular complexity index is 595. The van der Waals surface area contributed by atoms with Gasteiger partial charge in [-0.1, -0.05) is 11.6 Å². The van der Waals surface area contributed by atoms with Crippen LogP contribution in [0.5, 0.6) is 11.5 Å². The van der Waals surface area contributed by atoms with Crippen molar-refractivity contribution in [3.63, 3.8) is 0 Å². The zero-order chi connectivity index (χ0) is 13.8. The summed E-state index contributed by atoms with van der Waals surface area (Å²) < 4.78 is 11.0. The van der Waals surface area contributed by atoms with Crippen LogP contribution in [-0.4, -0.2) is 24.2 Å². The van der Waals surface area contributed by atoms with Crippen LogP contribution < -0.4 is 14.8 Å². The minimum Gasteiger partial charge on any atom is -0.497 e. The van der Waals surface area contributed by atoms with Crippen molar-refractivity contribution in [3.8, 4) is 11.5 Å². The zero-order valence-electron chi connectivity index (χ0n) is 10.3. The first-order chi connectivity index (χ1) is 9.15. The number of ether oxygens (including phenoxy) is 2. The van der Waals surface area contributed by atoms with Crippen molar-refractivity contribution in [1.29, 1.82) is 0 Å². The molecule has 2 rings (SSSR count). The van der Waals surface area contributed by atoms with Crippen LogP contribution >= 0.6 is 27.5 Å². The van der Waals surface area contributed by atoms with Crippen LogP contribution in [0.2, 0.25) is 5.15 Å². The Hall–Kier alpha value is -1.53. The second-order valence-electron chi connectivity index (χ2n) is 3.52. The quantitative estimate of drug-likeness (QED) is 0.858. The van der Waals surface area contributed by atoms with Crippen molar-refractivity contribution in [2.24, 2.45) is 0 Å². The maximum absolute atomic E-state index is 5.91. The van der Waals surface area contributed by atoms with E-state index >= 15 is 0 Å². The van der Waals surface area contributed by atoms with E-state index in [2.05, 4.69) is 31.2 Å². The Morgan fingerprint density at radius 3 is 2.68 bits per heavy atom.